The summed E-state index contributed by atoms with van der Waals surface area (Å²) in [7, 11) is 0. The van der Waals surface area contributed by atoms with Crippen LogP contribution in [0.1, 0.15) is 32.4 Å². The zero-order chi connectivity index (χ0) is 20.1. The average Bonchev–Trinajstić information content (AvgIpc) is 3.21. The molecule has 1 aliphatic heterocycles. The van der Waals surface area contributed by atoms with Crippen molar-refractivity contribution in [2.24, 2.45) is 0 Å². The van der Waals surface area contributed by atoms with Gasteiger partial charge in [-0.05, 0) is 18.2 Å². The second-order valence-electron chi connectivity index (χ2n) is 6.93. The predicted octanol–water partition coefficient (Wildman–Crippen LogP) is 4.77. The van der Waals surface area contributed by atoms with Gasteiger partial charge in [-0.15, -0.1) is 0 Å². The molecule has 0 fully saturated rings. The number of hydrogen-bond donors (Lipinski definition) is 0. The van der Waals surface area contributed by atoms with Gasteiger partial charge in [0.15, 0.2) is 0 Å². The van der Waals surface area contributed by atoms with Crippen LogP contribution in [0.2, 0.25) is 0 Å². The van der Waals surface area contributed by atoms with E-state index in [1.54, 1.807) is 28.8 Å². The molecule has 5 heteroatoms. The van der Waals surface area contributed by atoms with Crippen LogP contribution in [0.5, 0.6) is 0 Å². The summed E-state index contributed by atoms with van der Waals surface area (Å²) >= 11 is 0. The minimum Gasteiger partial charge on any atom is -0.278 e. The molecule has 140 valence electrons. The van der Waals surface area contributed by atoms with Gasteiger partial charge in [-0.2, -0.15) is 0 Å². The minimum absolute atomic E-state index is 0.192. The molecule has 0 saturated carbocycles. The highest BCUT2D eigenvalue weighted by molar-refractivity contribution is 6.37. The van der Waals surface area contributed by atoms with Gasteiger partial charge in [0.1, 0.15) is 0 Å². The van der Waals surface area contributed by atoms with Gasteiger partial charge in [-0.3, -0.25) is 19.0 Å². The van der Waals surface area contributed by atoms with Crippen molar-refractivity contribution in [2.75, 3.05) is 4.90 Å². The summed E-state index contributed by atoms with van der Waals surface area (Å²) in [5, 5.41) is 0.677. The lowest BCUT2D eigenvalue weighted by Gasteiger charge is -2.17. The van der Waals surface area contributed by atoms with Crippen molar-refractivity contribution in [3.63, 3.8) is 0 Å². The van der Waals surface area contributed by atoms with Crippen LogP contribution in [0.3, 0.4) is 0 Å². The van der Waals surface area contributed by atoms with Crippen molar-refractivity contribution in [3.05, 3.63) is 90.0 Å². The van der Waals surface area contributed by atoms with Gasteiger partial charge < -0.3 is 0 Å². The van der Waals surface area contributed by atoms with Gasteiger partial charge in [0.05, 0.1) is 28.0 Å². The number of para-hydroxylation sites is 1. The normalized spacial score (nSPS) is 13.2. The summed E-state index contributed by atoms with van der Waals surface area (Å²) in [6.45, 7) is 1.48. The van der Waals surface area contributed by atoms with E-state index >= 15 is 0 Å². The predicted molar refractivity (Wildman–Crippen MR) is 111 cm³/mol. The molecule has 0 N–H and O–H groups in total. The zero-order valence-electron chi connectivity index (χ0n) is 15.6. The molecule has 29 heavy (non-hydrogen) atoms. The van der Waals surface area contributed by atoms with Crippen molar-refractivity contribution in [1.29, 1.82) is 0 Å². The number of benzene rings is 3. The molecule has 0 atom stereocenters. The fourth-order valence-electron chi connectivity index (χ4n) is 4.03. The van der Waals surface area contributed by atoms with E-state index in [-0.39, 0.29) is 17.7 Å². The fraction of sp³-hybridized carbons (Fsp3) is 0.0417. The highest BCUT2D eigenvalue weighted by Gasteiger charge is 2.40. The van der Waals surface area contributed by atoms with Crippen LogP contribution < -0.4 is 4.90 Å². The molecule has 0 radical (unpaired) electrons. The Labute approximate surface area is 166 Å². The van der Waals surface area contributed by atoms with E-state index in [1.807, 2.05) is 54.6 Å². The summed E-state index contributed by atoms with van der Waals surface area (Å²) in [5.41, 5.74) is 3.13. The number of amides is 2. The molecule has 2 amide bonds. The Bertz CT molecular complexity index is 1280. The molecule has 1 aliphatic rings. The molecular formula is C24H16N2O3. The Morgan fingerprint density at radius 3 is 1.90 bits per heavy atom. The van der Waals surface area contributed by atoms with Gasteiger partial charge in [-0.1, -0.05) is 60.7 Å². The second-order valence-corrected chi connectivity index (χ2v) is 6.93. The smallest absolute Gasteiger partial charge is 0.266 e. The maximum absolute atomic E-state index is 13.2. The molecule has 5 rings (SSSR count). The number of fused-ring (bicyclic) bond motifs is 2. The molecule has 3 aromatic carbocycles. The third-order valence-electron chi connectivity index (χ3n) is 5.23. The van der Waals surface area contributed by atoms with Crippen LogP contribution in [0.15, 0.2) is 78.9 Å². The molecule has 0 unspecified atom stereocenters. The summed E-state index contributed by atoms with van der Waals surface area (Å²) < 4.78 is 1.57. The lowest BCUT2D eigenvalue weighted by molar-refractivity contribution is 0.0916. The number of rotatable bonds is 2. The van der Waals surface area contributed by atoms with E-state index in [1.165, 1.54) is 11.8 Å². The standard InChI is InChI=1S/C24H16N2O3/c1-15(27)25-20-14-8-7-13-19(20)22(21(25)16-9-3-2-4-10-16)26-23(28)17-11-5-6-12-18(17)24(26)29/h2-14H,1H3. The van der Waals surface area contributed by atoms with Crippen molar-refractivity contribution >= 4 is 34.3 Å². The maximum atomic E-state index is 13.2. The van der Waals surface area contributed by atoms with Crippen LogP contribution >= 0.6 is 0 Å². The topological polar surface area (TPSA) is 59.4 Å². The largest absolute Gasteiger partial charge is 0.278 e. The summed E-state index contributed by atoms with van der Waals surface area (Å²) in [6, 6.07) is 23.5. The van der Waals surface area contributed by atoms with Crippen molar-refractivity contribution < 1.29 is 14.4 Å². The first-order valence-electron chi connectivity index (χ1n) is 9.27. The highest BCUT2D eigenvalue weighted by atomic mass is 16.2. The van der Waals surface area contributed by atoms with Gasteiger partial charge in [-0.25, -0.2) is 4.90 Å². The third-order valence-corrected chi connectivity index (χ3v) is 5.23. The molecule has 0 bridgehead atoms. The number of carbonyl (C=O) groups excluding carboxylic acids is 3. The fourth-order valence-corrected chi connectivity index (χ4v) is 4.03. The number of aromatic nitrogens is 1. The molecule has 1 aromatic heterocycles. The Hall–Kier alpha value is -3.99. The maximum Gasteiger partial charge on any atom is 0.266 e. The SMILES string of the molecule is CC(=O)n1c(-c2ccccc2)c(N2C(=O)c3ccccc3C2=O)c2ccccc21. The lowest BCUT2D eigenvalue weighted by Crippen LogP contribution is -2.30. The first kappa shape index (κ1) is 17.1. The molecule has 0 saturated heterocycles. The van der Waals surface area contributed by atoms with E-state index < -0.39 is 0 Å². The Balaban J connectivity index is 1.89. The first-order valence-corrected chi connectivity index (χ1v) is 9.27. The highest BCUT2D eigenvalue weighted by Crippen LogP contribution is 2.43. The van der Waals surface area contributed by atoms with Crippen LogP contribution in [-0.2, 0) is 0 Å². The van der Waals surface area contributed by atoms with Gasteiger partial charge >= 0.3 is 0 Å². The number of nitrogens with zero attached hydrogens (tertiary/aromatic N) is 2. The van der Waals surface area contributed by atoms with E-state index in [0.29, 0.717) is 33.4 Å². The second kappa shape index (κ2) is 6.27. The summed E-state index contributed by atoms with van der Waals surface area (Å²) in [5.74, 6) is -0.952. The van der Waals surface area contributed by atoms with Crippen LogP contribution in [0, 0.1) is 0 Å². The van der Waals surface area contributed by atoms with Crippen LogP contribution in [0.25, 0.3) is 22.2 Å². The van der Waals surface area contributed by atoms with Crippen molar-refractivity contribution in [2.45, 2.75) is 6.92 Å². The van der Waals surface area contributed by atoms with E-state index in [2.05, 4.69) is 0 Å². The molecule has 0 aliphatic carbocycles. The molecular weight excluding hydrogens is 364 g/mol. The lowest BCUT2D eigenvalue weighted by atomic mass is 10.1. The zero-order valence-corrected chi connectivity index (χ0v) is 15.6. The van der Waals surface area contributed by atoms with E-state index in [9.17, 15) is 14.4 Å². The molecule has 0 spiro atoms. The summed E-state index contributed by atoms with van der Waals surface area (Å²) in [6.07, 6.45) is 0. The average molecular weight is 380 g/mol. The number of imide groups is 1. The monoisotopic (exact) mass is 380 g/mol. The Morgan fingerprint density at radius 2 is 1.28 bits per heavy atom. The van der Waals surface area contributed by atoms with Gasteiger partial charge in [0.25, 0.3) is 11.8 Å². The van der Waals surface area contributed by atoms with E-state index in [4.69, 9.17) is 0 Å². The third kappa shape index (κ3) is 2.37. The van der Waals surface area contributed by atoms with Crippen molar-refractivity contribution in [3.8, 4) is 11.3 Å². The van der Waals surface area contributed by atoms with Gasteiger partial charge in [0.2, 0.25) is 5.91 Å². The van der Waals surface area contributed by atoms with Crippen molar-refractivity contribution in [1.82, 2.24) is 4.57 Å². The van der Waals surface area contributed by atoms with Crippen LogP contribution in [-0.4, -0.2) is 22.3 Å². The molecule has 4 aromatic rings. The number of anilines is 1. The van der Waals surface area contributed by atoms with E-state index in [0.717, 1.165) is 5.56 Å². The number of carbonyl (C=O) groups is 3. The quantitative estimate of drug-likeness (QED) is 0.471. The molecule has 5 nitrogen and oxygen atoms in total. The number of hydrogen-bond acceptors (Lipinski definition) is 3. The Kier molecular flexibility index (Phi) is 3.71. The van der Waals surface area contributed by atoms with Crippen LogP contribution in [0.4, 0.5) is 5.69 Å². The van der Waals surface area contributed by atoms with Gasteiger partial charge in [0, 0.05) is 17.9 Å². The Morgan fingerprint density at radius 1 is 0.724 bits per heavy atom. The summed E-state index contributed by atoms with van der Waals surface area (Å²) in [4.78, 5) is 40.3. The first-order chi connectivity index (χ1) is 14.1. The molecule has 2 heterocycles. The minimum atomic E-state index is -0.380.